The number of benzene rings is 3. The van der Waals surface area contributed by atoms with Crippen LogP contribution in [0.3, 0.4) is 0 Å². The lowest BCUT2D eigenvalue weighted by Gasteiger charge is -2.28. The van der Waals surface area contributed by atoms with Gasteiger partial charge in [0.05, 0.1) is 51.6 Å². The molecule has 44 heavy (non-hydrogen) atoms. The van der Waals surface area contributed by atoms with E-state index < -0.39 is 17.6 Å². The van der Waals surface area contributed by atoms with E-state index >= 15 is 8.78 Å². The number of ether oxygens (including phenoxy) is 2. The summed E-state index contributed by atoms with van der Waals surface area (Å²) in [6.07, 6.45) is -0.0209. The standard InChI is InChI=1S/C33H27Cl2F2N3O4/c1-33(2)17-43-16-29(33)40-28-12-19(32(41)42)7-9-27(28)38-30(40)13-20-11-25(37)21(14-24(20)36)26-4-3-5-31(39-26)44-15-18-6-8-22(34)23(35)10-18/h3-12,14,29H,13,15-17H2,1-2H3,(H,41,42)/t29-/m1/s1. The van der Waals surface area contributed by atoms with Gasteiger partial charge in [-0.15, -0.1) is 0 Å². The van der Waals surface area contributed by atoms with Crippen molar-refractivity contribution >= 4 is 40.2 Å². The van der Waals surface area contributed by atoms with Crippen LogP contribution in [0.5, 0.6) is 5.88 Å². The van der Waals surface area contributed by atoms with Crippen molar-refractivity contribution in [3.63, 3.8) is 0 Å². The molecule has 1 aliphatic rings. The van der Waals surface area contributed by atoms with Crippen LogP contribution in [0.4, 0.5) is 8.78 Å². The quantitative estimate of drug-likeness (QED) is 0.185. The maximum absolute atomic E-state index is 15.6. The Balaban J connectivity index is 1.31. The Morgan fingerprint density at radius 2 is 1.86 bits per heavy atom. The highest BCUT2D eigenvalue weighted by molar-refractivity contribution is 6.42. The Bertz CT molecular complexity index is 1910. The molecule has 5 aromatic rings. The Kier molecular flexibility index (Phi) is 8.04. The van der Waals surface area contributed by atoms with Crippen LogP contribution >= 0.6 is 23.2 Å². The number of halogens is 4. The van der Waals surface area contributed by atoms with Gasteiger partial charge in [0.15, 0.2) is 0 Å². The zero-order valence-electron chi connectivity index (χ0n) is 23.8. The van der Waals surface area contributed by atoms with Crippen LogP contribution in [0.2, 0.25) is 10.0 Å². The normalized spacial score (nSPS) is 16.0. The monoisotopic (exact) mass is 637 g/mol. The van der Waals surface area contributed by atoms with E-state index in [-0.39, 0.29) is 52.7 Å². The molecule has 0 aliphatic carbocycles. The fraction of sp³-hybridized carbons (Fsp3) is 0.242. The van der Waals surface area contributed by atoms with Crippen molar-refractivity contribution in [2.75, 3.05) is 13.2 Å². The summed E-state index contributed by atoms with van der Waals surface area (Å²) in [5, 5.41) is 10.4. The molecule has 0 bridgehead atoms. The summed E-state index contributed by atoms with van der Waals surface area (Å²) in [4.78, 5) is 20.8. The molecule has 7 nitrogen and oxygen atoms in total. The van der Waals surface area contributed by atoms with Crippen LogP contribution < -0.4 is 4.74 Å². The molecule has 3 aromatic carbocycles. The average Bonchev–Trinajstić information content (AvgIpc) is 3.52. The van der Waals surface area contributed by atoms with Crippen LogP contribution in [0.15, 0.2) is 66.7 Å². The Morgan fingerprint density at radius 1 is 1.05 bits per heavy atom. The zero-order chi connectivity index (χ0) is 31.2. The Hall–Kier alpha value is -4.05. The molecule has 2 aromatic heterocycles. The van der Waals surface area contributed by atoms with Crippen molar-refractivity contribution in [1.29, 1.82) is 0 Å². The average molecular weight is 638 g/mol. The number of rotatable bonds is 8. The predicted octanol–water partition coefficient (Wildman–Crippen LogP) is 8.15. The summed E-state index contributed by atoms with van der Waals surface area (Å²) in [6.45, 7) is 5.13. The summed E-state index contributed by atoms with van der Waals surface area (Å²) in [7, 11) is 0. The second-order valence-electron chi connectivity index (χ2n) is 11.4. The minimum absolute atomic E-state index is 0.0174. The van der Waals surface area contributed by atoms with E-state index in [1.54, 1.807) is 48.5 Å². The molecule has 11 heteroatoms. The molecule has 1 aliphatic heterocycles. The van der Waals surface area contributed by atoms with Crippen LogP contribution in [0.1, 0.15) is 47.2 Å². The van der Waals surface area contributed by atoms with Gasteiger partial charge in [0.2, 0.25) is 5.88 Å². The third kappa shape index (κ3) is 5.87. The number of pyridine rings is 1. The zero-order valence-corrected chi connectivity index (χ0v) is 25.3. The molecule has 0 spiro atoms. The molecular weight excluding hydrogens is 611 g/mol. The van der Waals surface area contributed by atoms with Crippen LogP contribution in [-0.2, 0) is 17.8 Å². The summed E-state index contributed by atoms with van der Waals surface area (Å²) in [5.74, 6) is -1.64. The third-order valence-corrected chi connectivity index (χ3v) is 8.57. The molecule has 6 rings (SSSR count). The number of carbonyl (C=O) groups is 1. The number of hydrogen-bond acceptors (Lipinski definition) is 5. The van der Waals surface area contributed by atoms with Gasteiger partial charge in [0.1, 0.15) is 24.1 Å². The highest BCUT2D eigenvalue weighted by atomic mass is 35.5. The number of carboxylic acids is 1. The first-order valence-electron chi connectivity index (χ1n) is 13.8. The number of hydrogen-bond donors (Lipinski definition) is 1. The summed E-state index contributed by atoms with van der Waals surface area (Å²) in [5.41, 5.74) is 2.03. The third-order valence-electron chi connectivity index (χ3n) is 7.83. The lowest BCUT2D eigenvalue weighted by molar-refractivity contribution is 0.0697. The van der Waals surface area contributed by atoms with E-state index in [4.69, 9.17) is 37.7 Å². The fourth-order valence-electron chi connectivity index (χ4n) is 5.45. The summed E-state index contributed by atoms with van der Waals surface area (Å²) < 4.78 is 44.7. The van der Waals surface area contributed by atoms with Crippen molar-refractivity contribution in [3.05, 3.63) is 111 Å². The van der Waals surface area contributed by atoms with Crippen molar-refractivity contribution in [2.45, 2.75) is 32.9 Å². The molecule has 0 saturated carbocycles. The molecule has 1 saturated heterocycles. The van der Waals surface area contributed by atoms with Gasteiger partial charge < -0.3 is 19.1 Å². The maximum atomic E-state index is 15.6. The molecule has 1 N–H and O–H groups in total. The first kappa shape index (κ1) is 30.0. The van der Waals surface area contributed by atoms with Crippen LogP contribution in [0, 0.1) is 17.0 Å². The second kappa shape index (κ2) is 11.8. The Labute approximate surface area is 262 Å². The van der Waals surface area contributed by atoms with Gasteiger partial charge in [-0.1, -0.05) is 49.2 Å². The number of fused-ring (bicyclic) bond motifs is 1. The van der Waals surface area contributed by atoms with E-state index in [1.165, 1.54) is 6.07 Å². The second-order valence-corrected chi connectivity index (χ2v) is 12.2. The number of aromatic nitrogens is 3. The van der Waals surface area contributed by atoms with Gasteiger partial charge in [-0.25, -0.2) is 23.5 Å². The predicted molar refractivity (Wildman–Crippen MR) is 164 cm³/mol. The number of nitrogens with zero attached hydrogens (tertiary/aromatic N) is 3. The molecule has 226 valence electrons. The number of aromatic carboxylic acids is 1. The lowest BCUT2D eigenvalue weighted by Crippen LogP contribution is -2.27. The number of carboxylic acid groups (broad SMARTS) is 1. The molecule has 1 atom stereocenters. The highest BCUT2D eigenvalue weighted by Crippen LogP contribution is 2.40. The lowest BCUT2D eigenvalue weighted by atomic mass is 9.87. The van der Waals surface area contributed by atoms with Crippen molar-refractivity contribution < 1.29 is 28.2 Å². The van der Waals surface area contributed by atoms with E-state index in [1.807, 2.05) is 18.4 Å². The molecule has 3 heterocycles. The maximum Gasteiger partial charge on any atom is 0.335 e. The van der Waals surface area contributed by atoms with Crippen molar-refractivity contribution in [3.8, 4) is 17.1 Å². The fourth-order valence-corrected chi connectivity index (χ4v) is 5.77. The van der Waals surface area contributed by atoms with E-state index in [2.05, 4.69) is 4.98 Å². The summed E-state index contributed by atoms with van der Waals surface area (Å²) >= 11 is 12.0. The van der Waals surface area contributed by atoms with Gasteiger partial charge >= 0.3 is 5.97 Å². The van der Waals surface area contributed by atoms with Crippen molar-refractivity contribution in [2.24, 2.45) is 5.41 Å². The van der Waals surface area contributed by atoms with E-state index in [0.717, 1.165) is 17.7 Å². The van der Waals surface area contributed by atoms with Crippen LogP contribution in [-0.4, -0.2) is 38.8 Å². The SMILES string of the molecule is CC1(C)COC[C@H]1n1c(Cc2cc(F)c(-c3cccc(OCc4ccc(Cl)c(Cl)c4)n3)cc2F)nc2ccc(C(=O)O)cc21. The molecule has 0 unspecified atom stereocenters. The highest BCUT2D eigenvalue weighted by Gasteiger charge is 2.39. The summed E-state index contributed by atoms with van der Waals surface area (Å²) in [6, 6.07) is 16.7. The Morgan fingerprint density at radius 3 is 2.59 bits per heavy atom. The van der Waals surface area contributed by atoms with Gasteiger partial charge in [-0.3, -0.25) is 0 Å². The molecule has 0 amide bonds. The first-order valence-corrected chi connectivity index (χ1v) is 14.6. The minimum Gasteiger partial charge on any atom is -0.478 e. The largest absolute Gasteiger partial charge is 0.478 e. The van der Waals surface area contributed by atoms with E-state index in [9.17, 15) is 9.90 Å². The first-order chi connectivity index (χ1) is 21.0. The van der Waals surface area contributed by atoms with Crippen molar-refractivity contribution in [1.82, 2.24) is 14.5 Å². The molecule has 1 fully saturated rings. The number of imidazole rings is 1. The van der Waals surface area contributed by atoms with Crippen LogP contribution in [0.25, 0.3) is 22.3 Å². The minimum atomic E-state index is -1.07. The van der Waals surface area contributed by atoms with Gasteiger partial charge in [0.25, 0.3) is 0 Å². The topological polar surface area (TPSA) is 86.5 Å². The molecule has 0 radical (unpaired) electrons. The van der Waals surface area contributed by atoms with Gasteiger partial charge in [-0.05, 0) is 59.7 Å². The van der Waals surface area contributed by atoms with Gasteiger partial charge in [-0.2, -0.15) is 0 Å². The van der Waals surface area contributed by atoms with E-state index in [0.29, 0.717) is 40.1 Å². The molecular formula is C33H27Cl2F2N3O4. The van der Waals surface area contributed by atoms with Gasteiger partial charge in [0, 0.05) is 23.5 Å². The smallest absolute Gasteiger partial charge is 0.335 e.